The van der Waals surface area contributed by atoms with Crippen LogP contribution in [0.1, 0.15) is 32.1 Å². The third-order valence-electron chi connectivity index (χ3n) is 6.32. The first-order valence-corrected chi connectivity index (χ1v) is 11.6. The van der Waals surface area contributed by atoms with E-state index in [0.717, 1.165) is 61.4 Å². The summed E-state index contributed by atoms with van der Waals surface area (Å²) in [4.78, 5) is 11.7. The Bertz CT molecular complexity index is 994. The minimum absolute atomic E-state index is 0.597. The summed E-state index contributed by atoms with van der Waals surface area (Å²) in [5, 5.41) is 6.89. The van der Waals surface area contributed by atoms with Gasteiger partial charge in [-0.05, 0) is 93.6 Å². The summed E-state index contributed by atoms with van der Waals surface area (Å²) >= 11 is 0. The van der Waals surface area contributed by atoms with Gasteiger partial charge in [0, 0.05) is 30.2 Å². The largest absolute Gasteiger partial charge is 0.476 e. The topological polar surface area (TPSA) is 62.3 Å². The number of benzene rings is 2. The van der Waals surface area contributed by atoms with Crippen molar-refractivity contribution in [3.05, 3.63) is 48.7 Å². The molecule has 2 fully saturated rings. The minimum atomic E-state index is 0.597. The number of hydrogen-bond acceptors (Lipinski definition) is 6. The highest BCUT2D eigenvalue weighted by atomic mass is 16.5. The van der Waals surface area contributed by atoms with E-state index in [4.69, 9.17) is 9.72 Å². The molecule has 0 amide bonds. The Morgan fingerprint density at radius 2 is 1.71 bits per heavy atom. The Morgan fingerprint density at radius 1 is 0.935 bits per heavy atom. The molecule has 162 valence electrons. The Hall–Kier alpha value is -2.86. The van der Waals surface area contributed by atoms with Gasteiger partial charge in [-0.2, -0.15) is 0 Å². The number of fused-ring (bicyclic) bond motifs is 1. The standard InChI is InChI=1S/C25H31N5O/c1-2-14-30(15-3-1)22-7-4-20(5-8-22)28-21-6-9-23-24(16-21)29-25(17-27-23)31-18-19-10-12-26-13-11-19/h4-9,16-17,19,26,28H,1-3,10-15,18H2. The summed E-state index contributed by atoms with van der Waals surface area (Å²) in [6.45, 7) is 5.19. The second-order valence-electron chi connectivity index (χ2n) is 8.64. The van der Waals surface area contributed by atoms with Crippen LogP contribution in [0, 0.1) is 5.92 Å². The fourth-order valence-electron chi connectivity index (χ4n) is 4.47. The molecule has 31 heavy (non-hydrogen) atoms. The van der Waals surface area contributed by atoms with Crippen LogP contribution < -0.4 is 20.3 Å². The normalized spacial score (nSPS) is 17.6. The van der Waals surface area contributed by atoms with Crippen molar-refractivity contribution in [3.63, 3.8) is 0 Å². The molecular weight excluding hydrogens is 386 g/mol. The summed E-state index contributed by atoms with van der Waals surface area (Å²) in [6, 6.07) is 14.8. The number of rotatable bonds is 6. The fraction of sp³-hybridized carbons (Fsp3) is 0.440. The average Bonchev–Trinajstić information content (AvgIpc) is 2.84. The van der Waals surface area contributed by atoms with Crippen LogP contribution in [-0.4, -0.2) is 42.8 Å². The maximum Gasteiger partial charge on any atom is 0.232 e. The van der Waals surface area contributed by atoms with Crippen LogP contribution in [0.2, 0.25) is 0 Å². The zero-order valence-corrected chi connectivity index (χ0v) is 18.0. The number of piperidine rings is 2. The molecule has 2 N–H and O–H groups in total. The zero-order valence-electron chi connectivity index (χ0n) is 18.0. The molecule has 3 heterocycles. The molecule has 6 nitrogen and oxygen atoms in total. The molecule has 0 spiro atoms. The molecule has 2 aliphatic heterocycles. The predicted molar refractivity (Wildman–Crippen MR) is 126 cm³/mol. The van der Waals surface area contributed by atoms with Gasteiger partial charge in [0.15, 0.2) is 0 Å². The monoisotopic (exact) mass is 417 g/mol. The Kier molecular flexibility index (Phi) is 6.16. The summed E-state index contributed by atoms with van der Waals surface area (Å²) < 4.78 is 5.96. The molecule has 2 aromatic carbocycles. The van der Waals surface area contributed by atoms with Gasteiger partial charge in [0.1, 0.15) is 0 Å². The van der Waals surface area contributed by atoms with Gasteiger partial charge >= 0.3 is 0 Å². The number of anilines is 3. The number of nitrogens with one attached hydrogen (secondary N) is 2. The quantitative estimate of drug-likeness (QED) is 0.604. The first kappa shape index (κ1) is 20.1. The van der Waals surface area contributed by atoms with Crippen LogP contribution in [0.5, 0.6) is 5.88 Å². The van der Waals surface area contributed by atoms with E-state index in [1.54, 1.807) is 6.20 Å². The van der Waals surface area contributed by atoms with Crippen molar-refractivity contribution in [2.24, 2.45) is 5.92 Å². The summed E-state index contributed by atoms with van der Waals surface area (Å²) in [7, 11) is 0. The molecule has 6 heteroatoms. The molecule has 0 saturated carbocycles. The van der Waals surface area contributed by atoms with Gasteiger partial charge in [-0.15, -0.1) is 0 Å². The third kappa shape index (κ3) is 5.07. The van der Waals surface area contributed by atoms with Gasteiger partial charge < -0.3 is 20.3 Å². The maximum atomic E-state index is 5.96. The highest BCUT2D eigenvalue weighted by molar-refractivity contribution is 5.80. The van der Waals surface area contributed by atoms with E-state index in [-0.39, 0.29) is 0 Å². The molecule has 0 aliphatic carbocycles. The lowest BCUT2D eigenvalue weighted by Gasteiger charge is -2.28. The molecule has 0 radical (unpaired) electrons. The van der Waals surface area contributed by atoms with E-state index in [2.05, 4.69) is 44.8 Å². The van der Waals surface area contributed by atoms with Crippen molar-refractivity contribution in [1.29, 1.82) is 0 Å². The van der Waals surface area contributed by atoms with Crippen molar-refractivity contribution in [1.82, 2.24) is 15.3 Å². The van der Waals surface area contributed by atoms with Crippen molar-refractivity contribution in [2.75, 3.05) is 43.0 Å². The zero-order chi connectivity index (χ0) is 20.9. The van der Waals surface area contributed by atoms with Crippen LogP contribution in [0.3, 0.4) is 0 Å². The van der Waals surface area contributed by atoms with E-state index in [1.165, 1.54) is 24.9 Å². The van der Waals surface area contributed by atoms with Crippen LogP contribution in [0.15, 0.2) is 48.7 Å². The van der Waals surface area contributed by atoms with E-state index in [1.807, 2.05) is 18.2 Å². The predicted octanol–water partition coefficient (Wildman–Crippen LogP) is 4.74. The number of aromatic nitrogens is 2. The van der Waals surface area contributed by atoms with Gasteiger partial charge in [0.2, 0.25) is 5.88 Å². The smallest absolute Gasteiger partial charge is 0.232 e. The lowest BCUT2D eigenvalue weighted by atomic mass is 9.99. The van der Waals surface area contributed by atoms with Gasteiger partial charge in [-0.25, -0.2) is 9.97 Å². The van der Waals surface area contributed by atoms with Crippen LogP contribution in [0.25, 0.3) is 11.0 Å². The molecule has 0 bridgehead atoms. The Labute approximate surface area is 184 Å². The van der Waals surface area contributed by atoms with Gasteiger partial charge in [0.05, 0.1) is 23.8 Å². The number of ether oxygens (including phenoxy) is 1. The van der Waals surface area contributed by atoms with E-state index >= 15 is 0 Å². The summed E-state index contributed by atoms with van der Waals surface area (Å²) in [5.74, 6) is 1.20. The molecular formula is C25H31N5O. The van der Waals surface area contributed by atoms with Crippen molar-refractivity contribution >= 4 is 28.1 Å². The van der Waals surface area contributed by atoms with Gasteiger partial charge in [0.25, 0.3) is 0 Å². The first-order chi connectivity index (χ1) is 15.3. The molecule has 1 aromatic heterocycles. The van der Waals surface area contributed by atoms with Gasteiger partial charge in [-0.1, -0.05) is 0 Å². The molecule has 2 saturated heterocycles. The number of hydrogen-bond donors (Lipinski definition) is 2. The average molecular weight is 418 g/mol. The summed E-state index contributed by atoms with van der Waals surface area (Å²) in [6.07, 6.45) is 7.99. The van der Waals surface area contributed by atoms with E-state index in [9.17, 15) is 0 Å². The van der Waals surface area contributed by atoms with Crippen LogP contribution >= 0.6 is 0 Å². The minimum Gasteiger partial charge on any atom is -0.476 e. The number of nitrogens with zero attached hydrogens (tertiary/aromatic N) is 3. The Balaban J connectivity index is 1.25. The second kappa shape index (κ2) is 9.52. The lowest BCUT2D eigenvalue weighted by Crippen LogP contribution is -2.30. The lowest BCUT2D eigenvalue weighted by molar-refractivity contribution is 0.209. The molecule has 0 atom stereocenters. The molecule has 3 aromatic rings. The molecule has 0 unspecified atom stereocenters. The third-order valence-corrected chi connectivity index (χ3v) is 6.32. The highest BCUT2D eigenvalue weighted by Crippen LogP contribution is 2.25. The highest BCUT2D eigenvalue weighted by Gasteiger charge is 2.14. The summed E-state index contributed by atoms with van der Waals surface area (Å²) in [5.41, 5.74) is 5.11. The van der Waals surface area contributed by atoms with Crippen molar-refractivity contribution in [2.45, 2.75) is 32.1 Å². The first-order valence-electron chi connectivity index (χ1n) is 11.6. The van der Waals surface area contributed by atoms with E-state index in [0.29, 0.717) is 18.4 Å². The van der Waals surface area contributed by atoms with E-state index < -0.39 is 0 Å². The molecule has 2 aliphatic rings. The SMILES string of the molecule is c1cc(N2CCCCC2)ccc1Nc1ccc2ncc(OCC3CCNCC3)nc2c1. The van der Waals surface area contributed by atoms with Crippen LogP contribution in [-0.2, 0) is 0 Å². The van der Waals surface area contributed by atoms with Gasteiger partial charge in [-0.3, -0.25) is 0 Å². The van der Waals surface area contributed by atoms with Crippen molar-refractivity contribution in [3.8, 4) is 5.88 Å². The fourth-order valence-corrected chi connectivity index (χ4v) is 4.47. The maximum absolute atomic E-state index is 5.96. The Morgan fingerprint density at radius 3 is 2.52 bits per heavy atom. The van der Waals surface area contributed by atoms with Crippen LogP contribution in [0.4, 0.5) is 17.1 Å². The van der Waals surface area contributed by atoms with Crippen molar-refractivity contribution < 1.29 is 4.74 Å². The second-order valence-corrected chi connectivity index (χ2v) is 8.64. The molecule has 5 rings (SSSR count).